The predicted molar refractivity (Wildman–Crippen MR) is 70.8 cm³/mol. The van der Waals surface area contributed by atoms with Gasteiger partial charge in [0.25, 0.3) is 5.91 Å². The third kappa shape index (κ3) is 2.88. The SMILES string of the molecule is O=C(NC(C(=O)O)C1CC1)c1cccc(-n2cnnn2)c1. The molecule has 1 aliphatic rings. The first-order valence-electron chi connectivity index (χ1n) is 6.52. The van der Waals surface area contributed by atoms with Crippen molar-refractivity contribution in [2.75, 3.05) is 0 Å². The molecule has 21 heavy (non-hydrogen) atoms. The number of nitrogens with zero attached hydrogens (tertiary/aromatic N) is 4. The van der Waals surface area contributed by atoms with Crippen LogP contribution < -0.4 is 5.32 Å². The Balaban J connectivity index is 1.78. The molecule has 0 bridgehead atoms. The molecule has 1 aromatic carbocycles. The monoisotopic (exact) mass is 287 g/mol. The van der Waals surface area contributed by atoms with Gasteiger partial charge in [0, 0.05) is 5.56 Å². The van der Waals surface area contributed by atoms with Gasteiger partial charge < -0.3 is 10.4 Å². The van der Waals surface area contributed by atoms with E-state index in [0.29, 0.717) is 11.3 Å². The Morgan fingerprint density at radius 3 is 2.81 bits per heavy atom. The molecule has 0 spiro atoms. The van der Waals surface area contributed by atoms with Gasteiger partial charge in [-0.2, -0.15) is 0 Å². The fourth-order valence-electron chi connectivity index (χ4n) is 2.10. The van der Waals surface area contributed by atoms with Crippen molar-refractivity contribution < 1.29 is 14.7 Å². The van der Waals surface area contributed by atoms with Crippen LogP contribution in [0.3, 0.4) is 0 Å². The fraction of sp³-hybridized carbons (Fsp3) is 0.308. The quantitative estimate of drug-likeness (QED) is 0.816. The Kier molecular flexibility index (Phi) is 3.35. The van der Waals surface area contributed by atoms with Crippen molar-refractivity contribution >= 4 is 11.9 Å². The number of carboxylic acids is 1. The van der Waals surface area contributed by atoms with Crippen molar-refractivity contribution in [3.63, 3.8) is 0 Å². The van der Waals surface area contributed by atoms with Crippen molar-refractivity contribution in [3.8, 4) is 5.69 Å². The molecule has 8 heteroatoms. The average Bonchev–Trinajstić information content (AvgIpc) is 3.17. The van der Waals surface area contributed by atoms with Gasteiger partial charge in [-0.25, -0.2) is 9.48 Å². The van der Waals surface area contributed by atoms with Crippen LogP contribution in [-0.2, 0) is 4.79 Å². The minimum absolute atomic E-state index is 0.0362. The number of aliphatic carboxylic acids is 1. The maximum Gasteiger partial charge on any atom is 0.326 e. The summed E-state index contributed by atoms with van der Waals surface area (Å²) in [6.45, 7) is 0. The zero-order valence-electron chi connectivity index (χ0n) is 11.0. The van der Waals surface area contributed by atoms with Crippen LogP contribution in [0.25, 0.3) is 5.69 Å². The number of carbonyl (C=O) groups excluding carboxylic acids is 1. The molecule has 108 valence electrons. The lowest BCUT2D eigenvalue weighted by atomic mass is 10.1. The van der Waals surface area contributed by atoms with Gasteiger partial charge in [0.15, 0.2) is 0 Å². The van der Waals surface area contributed by atoms with Gasteiger partial charge in [-0.15, -0.1) is 5.10 Å². The molecule has 2 N–H and O–H groups in total. The number of hydrogen-bond acceptors (Lipinski definition) is 5. The van der Waals surface area contributed by atoms with E-state index in [-0.39, 0.29) is 5.92 Å². The Morgan fingerprint density at radius 2 is 2.19 bits per heavy atom. The molecule has 1 atom stereocenters. The smallest absolute Gasteiger partial charge is 0.326 e. The fourth-order valence-corrected chi connectivity index (χ4v) is 2.10. The lowest BCUT2D eigenvalue weighted by molar-refractivity contribution is -0.139. The second-order valence-electron chi connectivity index (χ2n) is 4.93. The van der Waals surface area contributed by atoms with Crippen LogP contribution in [0.4, 0.5) is 0 Å². The predicted octanol–water partition coefficient (Wildman–Crippen LogP) is 0.255. The molecule has 1 unspecified atom stereocenters. The Bertz CT molecular complexity index is 666. The molecule has 0 aliphatic heterocycles. The maximum absolute atomic E-state index is 12.2. The first-order chi connectivity index (χ1) is 10.1. The number of carbonyl (C=O) groups is 2. The summed E-state index contributed by atoms with van der Waals surface area (Å²) >= 11 is 0. The molecular formula is C13H13N5O3. The van der Waals surface area contributed by atoms with Crippen LogP contribution in [-0.4, -0.2) is 43.2 Å². The second kappa shape index (κ2) is 5.31. The van der Waals surface area contributed by atoms with Gasteiger partial charge in [-0.05, 0) is 47.4 Å². The molecule has 1 aromatic heterocycles. The Labute approximate surface area is 119 Å². The second-order valence-corrected chi connectivity index (χ2v) is 4.93. The molecule has 0 radical (unpaired) electrons. The van der Waals surface area contributed by atoms with Gasteiger partial charge in [0.1, 0.15) is 12.4 Å². The lowest BCUT2D eigenvalue weighted by Crippen LogP contribution is -2.42. The summed E-state index contributed by atoms with van der Waals surface area (Å²) in [5.41, 5.74) is 1.00. The maximum atomic E-state index is 12.2. The van der Waals surface area contributed by atoms with E-state index in [1.807, 2.05) is 0 Å². The minimum atomic E-state index is -0.998. The van der Waals surface area contributed by atoms with E-state index in [4.69, 9.17) is 5.11 Å². The first kappa shape index (κ1) is 13.2. The Hall–Kier alpha value is -2.77. The molecule has 1 saturated carbocycles. The van der Waals surface area contributed by atoms with E-state index in [1.165, 1.54) is 11.0 Å². The summed E-state index contributed by atoms with van der Waals surface area (Å²) in [5, 5.41) is 22.5. The highest BCUT2D eigenvalue weighted by Gasteiger charge is 2.37. The van der Waals surface area contributed by atoms with Gasteiger partial charge in [0.2, 0.25) is 0 Å². The van der Waals surface area contributed by atoms with Crippen molar-refractivity contribution in [3.05, 3.63) is 36.2 Å². The van der Waals surface area contributed by atoms with Crippen LogP contribution in [0, 0.1) is 5.92 Å². The summed E-state index contributed by atoms with van der Waals surface area (Å²) in [7, 11) is 0. The van der Waals surface area contributed by atoms with Gasteiger partial charge in [-0.3, -0.25) is 4.79 Å². The summed E-state index contributed by atoms with van der Waals surface area (Å²) in [6.07, 6.45) is 3.09. The number of carboxylic acid groups (broad SMARTS) is 1. The number of aromatic nitrogens is 4. The minimum Gasteiger partial charge on any atom is -0.480 e. The van der Waals surface area contributed by atoms with E-state index >= 15 is 0 Å². The van der Waals surface area contributed by atoms with Gasteiger partial charge in [0.05, 0.1) is 5.69 Å². The molecule has 2 aromatic rings. The summed E-state index contributed by atoms with van der Waals surface area (Å²) in [6, 6.07) is 5.85. The summed E-state index contributed by atoms with van der Waals surface area (Å²) in [5.74, 6) is -1.37. The number of tetrazole rings is 1. The highest BCUT2D eigenvalue weighted by molar-refractivity contribution is 5.97. The van der Waals surface area contributed by atoms with Crippen LogP contribution in [0.5, 0.6) is 0 Å². The number of rotatable bonds is 5. The lowest BCUT2D eigenvalue weighted by Gasteiger charge is -2.13. The zero-order chi connectivity index (χ0) is 14.8. The van der Waals surface area contributed by atoms with Crippen LogP contribution in [0.1, 0.15) is 23.2 Å². The average molecular weight is 287 g/mol. The summed E-state index contributed by atoms with van der Waals surface area (Å²) < 4.78 is 1.42. The van der Waals surface area contributed by atoms with E-state index in [1.54, 1.807) is 24.3 Å². The van der Waals surface area contributed by atoms with Crippen molar-refractivity contribution in [1.82, 2.24) is 25.5 Å². The van der Waals surface area contributed by atoms with Crippen molar-refractivity contribution in [2.45, 2.75) is 18.9 Å². The van der Waals surface area contributed by atoms with Crippen LogP contribution in [0.15, 0.2) is 30.6 Å². The third-order valence-corrected chi connectivity index (χ3v) is 3.37. The molecule has 1 amide bonds. The molecule has 3 rings (SSSR count). The topological polar surface area (TPSA) is 110 Å². The normalized spacial score (nSPS) is 15.4. The molecule has 1 aliphatic carbocycles. The van der Waals surface area contributed by atoms with E-state index in [2.05, 4.69) is 20.8 Å². The van der Waals surface area contributed by atoms with Crippen LogP contribution >= 0.6 is 0 Å². The molecule has 8 nitrogen and oxygen atoms in total. The highest BCUT2D eigenvalue weighted by Crippen LogP contribution is 2.32. The van der Waals surface area contributed by atoms with Gasteiger partial charge >= 0.3 is 5.97 Å². The molecular weight excluding hydrogens is 274 g/mol. The Morgan fingerprint density at radius 1 is 1.38 bits per heavy atom. The van der Waals surface area contributed by atoms with Crippen molar-refractivity contribution in [2.24, 2.45) is 5.92 Å². The first-order valence-corrected chi connectivity index (χ1v) is 6.52. The van der Waals surface area contributed by atoms with E-state index in [0.717, 1.165) is 12.8 Å². The number of benzene rings is 1. The highest BCUT2D eigenvalue weighted by atomic mass is 16.4. The van der Waals surface area contributed by atoms with Crippen molar-refractivity contribution in [1.29, 1.82) is 0 Å². The molecule has 1 heterocycles. The number of hydrogen-bond donors (Lipinski definition) is 2. The largest absolute Gasteiger partial charge is 0.480 e. The van der Waals surface area contributed by atoms with Crippen LogP contribution in [0.2, 0.25) is 0 Å². The number of amides is 1. The van der Waals surface area contributed by atoms with E-state index < -0.39 is 17.9 Å². The van der Waals surface area contributed by atoms with Gasteiger partial charge in [-0.1, -0.05) is 6.07 Å². The standard InChI is InChI=1S/C13H13N5O3/c19-12(15-11(13(20)21)8-4-5-8)9-2-1-3-10(6-9)18-7-14-16-17-18/h1-3,6-8,11H,4-5H2,(H,15,19)(H,20,21). The third-order valence-electron chi connectivity index (χ3n) is 3.37. The molecule has 1 fully saturated rings. The molecule has 0 saturated heterocycles. The van der Waals surface area contributed by atoms with E-state index in [9.17, 15) is 9.59 Å². The summed E-state index contributed by atoms with van der Waals surface area (Å²) in [4.78, 5) is 23.3. The zero-order valence-corrected chi connectivity index (χ0v) is 11.0. The number of nitrogens with one attached hydrogen (secondary N) is 1.